The van der Waals surface area contributed by atoms with Crippen molar-refractivity contribution < 1.29 is 0 Å². The minimum Gasteiger partial charge on any atom is -0.315 e. The molecule has 0 N–H and O–H groups in total. The molecule has 0 atom stereocenters. The Balaban J connectivity index is 2.21. The third kappa shape index (κ3) is 2.24. The van der Waals surface area contributed by atoms with Gasteiger partial charge in [0.2, 0.25) is 0 Å². The monoisotopic (exact) mass is 201 g/mol. The van der Waals surface area contributed by atoms with E-state index in [2.05, 4.69) is 40.7 Å². The zero-order valence-electron chi connectivity index (χ0n) is 9.09. The maximum Gasteiger partial charge on any atom is 0.137 e. The van der Waals surface area contributed by atoms with Gasteiger partial charge in [0.25, 0.3) is 0 Å². The van der Waals surface area contributed by atoms with Crippen LogP contribution >= 0.6 is 0 Å². The van der Waals surface area contributed by atoms with Crippen molar-refractivity contribution in [3.8, 4) is 0 Å². The maximum atomic E-state index is 4.15. The summed E-state index contributed by atoms with van der Waals surface area (Å²) in [6.45, 7) is 4.27. The molecule has 0 aliphatic carbocycles. The van der Waals surface area contributed by atoms with Gasteiger partial charge in [-0.2, -0.15) is 0 Å². The number of benzene rings is 1. The molecule has 15 heavy (non-hydrogen) atoms. The molecule has 1 aromatic heterocycles. The van der Waals surface area contributed by atoms with Crippen LogP contribution in [0, 0.1) is 0 Å². The molecule has 0 unspecified atom stereocenters. The molecule has 0 amide bonds. The predicted molar refractivity (Wildman–Crippen MR) is 59.7 cm³/mol. The summed E-state index contributed by atoms with van der Waals surface area (Å²) in [5.74, 6) is 1.02. The third-order valence-corrected chi connectivity index (χ3v) is 2.41. The fraction of sp³-hybridized carbons (Fsp3) is 0.333. The van der Waals surface area contributed by atoms with Crippen LogP contribution in [0.15, 0.2) is 36.7 Å². The number of nitrogens with zero attached hydrogens (tertiary/aromatic N) is 3. The molecule has 2 aromatic rings. The average molecular weight is 201 g/mol. The van der Waals surface area contributed by atoms with E-state index in [1.54, 1.807) is 6.33 Å². The van der Waals surface area contributed by atoms with E-state index >= 15 is 0 Å². The molecule has 1 aromatic carbocycles. The Labute approximate surface area is 89.8 Å². The lowest BCUT2D eigenvalue weighted by molar-refractivity contribution is 0.574. The lowest BCUT2D eigenvalue weighted by atomic mass is 10.1. The molecule has 0 spiro atoms. The molecule has 0 saturated heterocycles. The first-order chi connectivity index (χ1) is 7.27. The quantitative estimate of drug-likeness (QED) is 0.763. The summed E-state index contributed by atoms with van der Waals surface area (Å²) < 4.78 is 2.10. The van der Waals surface area contributed by atoms with Crippen LogP contribution in [-0.4, -0.2) is 14.8 Å². The minimum absolute atomic E-state index is 0.415. The van der Waals surface area contributed by atoms with Gasteiger partial charge in [0.05, 0.1) is 0 Å². The second-order valence-electron chi connectivity index (χ2n) is 3.91. The lowest BCUT2D eigenvalue weighted by Crippen LogP contribution is -2.05. The van der Waals surface area contributed by atoms with Crippen molar-refractivity contribution in [3.63, 3.8) is 0 Å². The first-order valence-corrected chi connectivity index (χ1v) is 5.19. The van der Waals surface area contributed by atoms with Crippen molar-refractivity contribution in [1.82, 2.24) is 14.8 Å². The molecular formula is C12H15N3. The highest BCUT2D eigenvalue weighted by Crippen LogP contribution is 2.11. The highest BCUT2D eigenvalue weighted by atomic mass is 15.3. The van der Waals surface area contributed by atoms with Gasteiger partial charge in [-0.15, -0.1) is 10.2 Å². The average Bonchev–Trinajstić information content (AvgIpc) is 2.67. The van der Waals surface area contributed by atoms with Crippen molar-refractivity contribution in [1.29, 1.82) is 0 Å². The summed E-state index contributed by atoms with van der Waals surface area (Å²) in [7, 11) is 0. The second kappa shape index (κ2) is 4.26. The normalized spacial score (nSPS) is 10.9. The van der Waals surface area contributed by atoms with E-state index in [1.807, 2.05) is 18.2 Å². The molecule has 3 nitrogen and oxygen atoms in total. The summed E-state index contributed by atoms with van der Waals surface area (Å²) in [4.78, 5) is 0. The van der Waals surface area contributed by atoms with Gasteiger partial charge in [0.15, 0.2) is 0 Å². The summed E-state index contributed by atoms with van der Waals surface area (Å²) >= 11 is 0. The first kappa shape index (κ1) is 9.90. The van der Waals surface area contributed by atoms with E-state index in [0.717, 1.165) is 12.2 Å². The summed E-state index contributed by atoms with van der Waals surface area (Å²) in [5.41, 5.74) is 1.27. The zero-order chi connectivity index (χ0) is 10.7. The van der Waals surface area contributed by atoms with E-state index in [-0.39, 0.29) is 0 Å². The molecule has 2 rings (SSSR count). The minimum atomic E-state index is 0.415. The van der Waals surface area contributed by atoms with E-state index < -0.39 is 0 Å². The SMILES string of the molecule is CC(C)n1cnnc1Cc1ccccc1. The van der Waals surface area contributed by atoms with Crippen LogP contribution in [0.2, 0.25) is 0 Å². The van der Waals surface area contributed by atoms with E-state index in [1.165, 1.54) is 5.56 Å². The van der Waals surface area contributed by atoms with Crippen molar-refractivity contribution in [3.05, 3.63) is 48.0 Å². The molecule has 0 saturated carbocycles. The molecule has 0 aliphatic heterocycles. The molecule has 78 valence electrons. The Hall–Kier alpha value is -1.64. The van der Waals surface area contributed by atoms with Gasteiger partial charge in [0, 0.05) is 12.5 Å². The molecule has 0 radical (unpaired) electrons. The Morgan fingerprint density at radius 2 is 1.93 bits per heavy atom. The van der Waals surface area contributed by atoms with E-state index in [4.69, 9.17) is 0 Å². The van der Waals surface area contributed by atoms with Crippen molar-refractivity contribution >= 4 is 0 Å². The Kier molecular flexibility index (Phi) is 2.81. The molecule has 0 aliphatic rings. The maximum absolute atomic E-state index is 4.15. The highest BCUT2D eigenvalue weighted by Gasteiger charge is 2.07. The van der Waals surface area contributed by atoms with Gasteiger partial charge in [-0.3, -0.25) is 0 Å². The Morgan fingerprint density at radius 3 is 2.60 bits per heavy atom. The van der Waals surface area contributed by atoms with Crippen molar-refractivity contribution in [2.75, 3.05) is 0 Å². The van der Waals surface area contributed by atoms with Gasteiger partial charge in [-0.05, 0) is 19.4 Å². The Morgan fingerprint density at radius 1 is 1.20 bits per heavy atom. The van der Waals surface area contributed by atoms with Crippen molar-refractivity contribution in [2.45, 2.75) is 26.3 Å². The molecule has 0 fully saturated rings. The number of rotatable bonds is 3. The van der Waals surface area contributed by atoms with Crippen LogP contribution in [0.4, 0.5) is 0 Å². The fourth-order valence-electron chi connectivity index (χ4n) is 1.60. The van der Waals surface area contributed by atoms with Gasteiger partial charge < -0.3 is 4.57 Å². The number of hydrogen-bond donors (Lipinski definition) is 0. The fourth-order valence-corrected chi connectivity index (χ4v) is 1.60. The lowest BCUT2D eigenvalue weighted by Gasteiger charge is -2.09. The molecular weight excluding hydrogens is 186 g/mol. The Bertz CT molecular complexity index is 417. The standard InChI is InChI=1S/C12H15N3/c1-10(2)15-9-13-14-12(15)8-11-6-4-3-5-7-11/h3-7,9-10H,8H2,1-2H3. The van der Waals surface area contributed by atoms with E-state index in [9.17, 15) is 0 Å². The third-order valence-electron chi connectivity index (χ3n) is 2.41. The summed E-state index contributed by atoms with van der Waals surface area (Å²) in [5, 5.41) is 8.10. The number of aromatic nitrogens is 3. The van der Waals surface area contributed by atoms with Gasteiger partial charge in [-0.25, -0.2) is 0 Å². The van der Waals surface area contributed by atoms with Crippen molar-refractivity contribution in [2.24, 2.45) is 0 Å². The van der Waals surface area contributed by atoms with Gasteiger partial charge in [0.1, 0.15) is 12.2 Å². The van der Waals surface area contributed by atoms with Gasteiger partial charge in [-0.1, -0.05) is 30.3 Å². The van der Waals surface area contributed by atoms with Crippen LogP contribution in [0.25, 0.3) is 0 Å². The number of hydrogen-bond acceptors (Lipinski definition) is 2. The molecule has 3 heteroatoms. The topological polar surface area (TPSA) is 30.7 Å². The highest BCUT2D eigenvalue weighted by molar-refractivity contribution is 5.18. The summed E-state index contributed by atoms with van der Waals surface area (Å²) in [6, 6.07) is 10.8. The molecule has 0 bridgehead atoms. The smallest absolute Gasteiger partial charge is 0.137 e. The van der Waals surface area contributed by atoms with Crippen LogP contribution in [0.5, 0.6) is 0 Å². The molecule has 1 heterocycles. The zero-order valence-corrected chi connectivity index (χ0v) is 9.09. The second-order valence-corrected chi connectivity index (χ2v) is 3.91. The van der Waals surface area contributed by atoms with Crippen LogP contribution in [0.1, 0.15) is 31.3 Å². The van der Waals surface area contributed by atoms with Crippen LogP contribution in [0.3, 0.4) is 0 Å². The predicted octanol–water partition coefficient (Wildman–Crippen LogP) is 2.45. The van der Waals surface area contributed by atoms with E-state index in [0.29, 0.717) is 6.04 Å². The van der Waals surface area contributed by atoms with Crippen LogP contribution < -0.4 is 0 Å². The van der Waals surface area contributed by atoms with Crippen LogP contribution in [-0.2, 0) is 6.42 Å². The summed E-state index contributed by atoms with van der Waals surface area (Å²) in [6.07, 6.45) is 2.64. The first-order valence-electron chi connectivity index (χ1n) is 5.19. The van der Waals surface area contributed by atoms with Gasteiger partial charge >= 0.3 is 0 Å². The largest absolute Gasteiger partial charge is 0.315 e.